The van der Waals surface area contributed by atoms with Crippen LogP contribution in [-0.2, 0) is 6.54 Å². The first-order valence-corrected chi connectivity index (χ1v) is 8.38. The molecule has 0 radical (unpaired) electrons. The Kier molecular flexibility index (Phi) is 4.59. The number of hydrogen-bond acceptors (Lipinski definition) is 3. The Morgan fingerprint density at radius 3 is 2.68 bits per heavy atom. The summed E-state index contributed by atoms with van der Waals surface area (Å²) >= 11 is 0. The van der Waals surface area contributed by atoms with E-state index in [-0.39, 0.29) is 5.91 Å². The Bertz CT molecular complexity index is 907. The number of aromatic nitrogens is 2. The molecule has 1 heterocycles. The number of hydrogen-bond donors (Lipinski definition) is 2. The lowest BCUT2D eigenvalue weighted by atomic mass is 10.0. The van der Waals surface area contributed by atoms with Gasteiger partial charge in [-0.2, -0.15) is 5.10 Å². The number of rotatable bonds is 5. The van der Waals surface area contributed by atoms with Crippen molar-refractivity contribution in [1.82, 2.24) is 15.1 Å². The Morgan fingerprint density at radius 1 is 1.20 bits per heavy atom. The van der Waals surface area contributed by atoms with E-state index in [1.807, 2.05) is 47.3 Å². The number of amides is 1. The highest BCUT2D eigenvalue weighted by Gasteiger charge is 2.13. The molecule has 0 unspecified atom stereocenters. The van der Waals surface area contributed by atoms with E-state index < -0.39 is 5.60 Å². The summed E-state index contributed by atoms with van der Waals surface area (Å²) in [6, 6.07) is 13.6. The molecule has 0 saturated carbocycles. The summed E-state index contributed by atoms with van der Waals surface area (Å²) in [6.07, 6.45) is 2.63. The SMILES string of the molecule is CNC(=O)c1cccc(-c2ccc3cn(CCC(C)(C)O)nc3c2)c1. The van der Waals surface area contributed by atoms with Crippen molar-refractivity contribution in [1.29, 1.82) is 0 Å². The van der Waals surface area contributed by atoms with E-state index in [1.165, 1.54) is 0 Å². The summed E-state index contributed by atoms with van der Waals surface area (Å²) in [7, 11) is 1.63. The van der Waals surface area contributed by atoms with Crippen LogP contribution in [0.3, 0.4) is 0 Å². The first-order valence-electron chi connectivity index (χ1n) is 8.38. The monoisotopic (exact) mass is 337 g/mol. The molecular weight excluding hydrogens is 314 g/mol. The third-order valence-electron chi connectivity index (χ3n) is 4.19. The van der Waals surface area contributed by atoms with Crippen LogP contribution in [0, 0.1) is 0 Å². The van der Waals surface area contributed by atoms with Crippen molar-refractivity contribution in [2.75, 3.05) is 7.05 Å². The van der Waals surface area contributed by atoms with Crippen molar-refractivity contribution in [3.8, 4) is 11.1 Å². The normalized spacial score (nSPS) is 11.7. The second kappa shape index (κ2) is 6.69. The molecule has 0 aliphatic rings. The van der Waals surface area contributed by atoms with E-state index in [1.54, 1.807) is 27.0 Å². The summed E-state index contributed by atoms with van der Waals surface area (Å²) < 4.78 is 1.87. The van der Waals surface area contributed by atoms with E-state index in [0.717, 1.165) is 22.0 Å². The van der Waals surface area contributed by atoms with Gasteiger partial charge in [-0.1, -0.05) is 24.3 Å². The van der Waals surface area contributed by atoms with E-state index in [0.29, 0.717) is 18.5 Å². The van der Waals surface area contributed by atoms with Gasteiger partial charge in [0.2, 0.25) is 0 Å². The standard InChI is InChI=1S/C20H23N3O2/c1-20(2,25)9-10-23-13-17-8-7-15(12-18(17)22-23)14-5-4-6-16(11-14)19(24)21-3/h4-8,11-13,25H,9-10H2,1-3H3,(H,21,24). The van der Waals surface area contributed by atoms with Gasteiger partial charge in [0, 0.05) is 30.7 Å². The van der Waals surface area contributed by atoms with Gasteiger partial charge >= 0.3 is 0 Å². The molecule has 1 amide bonds. The Balaban J connectivity index is 1.90. The lowest BCUT2D eigenvalue weighted by molar-refractivity contribution is 0.0651. The van der Waals surface area contributed by atoms with Gasteiger partial charge in [0.15, 0.2) is 0 Å². The number of carbonyl (C=O) groups excluding carboxylic acids is 1. The molecule has 0 spiro atoms. The van der Waals surface area contributed by atoms with Crippen LogP contribution in [0.2, 0.25) is 0 Å². The van der Waals surface area contributed by atoms with E-state index >= 15 is 0 Å². The minimum absolute atomic E-state index is 0.0983. The minimum Gasteiger partial charge on any atom is -0.390 e. The van der Waals surface area contributed by atoms with Crippen LogP contribution < -0.4 is 5.32 Å². The molecule has 5 nitrogen and oxygen atoms in total. The van der Waals surface area contributed by atoms with Crippen LogP contribution in [0.5, 0.6) is 0 Å². The molecule has 5 heteroatoms. The number of nitrogens with one attached hydrogen (secondary N) is 1. The zero-order valence-corrected chi connectivity index (χ0v) is 14.8. The average molecular weight is 337 g/mol. The third kappa shape index (κ3) is 4.06. The number of nitrogens with zero attached hydrogens (tertiary/aromatic N) is 2. The second-order valence-corrected chi connectivity index (χ2v) is 6.89. The van der Waals surface area contributed by atoms with Crippen molar-refractivity contribution in [3.05, 3.63) is 54.2 Å². The summed E-state index contributed by atoms with van der Waals surface area (Å²) in [5, 5.41) is 18.2. The van der Waals surface area contributed by atoms with Gasteiger partial charge in [0.05, 0.1) is 11.1 Å². The van der Waals surface area contributed by atoms with Crippen LogP contribution in [0.4, 0.5) is 0 Å². The van der Waals surface area contributed by atoms with Gasteiger partial charge in [0.25, 0.3) is 5.91 Å². The first-order chi connectivity index (χ1) is 11.9. The van der Waals surface area contributed by atoms with Crippen molar-refractivity contribution >= 4 is 16.8 Å². The van der Waals surface area contributed by atoms with Crippen molar-refractivity contribution in [3.63, 3.8) is 0 Å². The molecule has 0 fully saturated rings. The predicted octanol–water partition coefficient (Wildman–Crippen LogP) is 3.22. The summed E-state index contributed by atoms with van der Waals surface area (Å²) in [6.45, 7) is 4.27. The number of aliphatic hydroxyl groups is 1. The largest absolute Gasteiger partial charge is 0.390 e. The van der Waals surface area contributed by atoms with Crippen molar-refractivity contribution < 1.29 is 9.90 Å². The Hall–Kier alpha value is -2.66. The van der Waals surface area contributed by atoms with Crippen molar-refractivity contribution in [2.45, 2.75) is 32.4 Å². The van der Waals surface area contributed by atoms with Crippen LogP contribution in [-0.4, -0.2) is 33.4 Å². The van der Waals surface area contributed by atoms with Gasteiger partial charge < -0.3 is 10.4 Å². The highest BCUT2D eigenvalue weighted by atomic mass is 16.3. The minimum atomic E-state index is -0.705. The molecule has 130 valence electrons. The lowest BCUT2D eigenvalue weighted by Crippen LogP contribution is -2.21. The number of benzene rings is 2. The second-order valence-electron chi connectivity index (χ2n) is 6.89. The predicted molar refractivity (Wildman–Crippen MR) is 99.5 cm³/mol. The first kappa shape index (κ1) is 17.2. The molecule has 3 rings (SSSR count). The fraction of sp³-hybridized carbons (Fsp3) is 0.300. The fourth-order valence-electron chi connectivity index (χ4n) is 2.73. The van der Waals surface area contributed by atoms with E-state index in [9.17, 15) is 9.90 Å². The molecule has 0 aliphatic heterocycles. The van der Waals surface area contributed by atoms with Gasteiger partial charge in [-0.3, -0.25) is 9.48 Å². The molecule has 1 aromatic heterocycles. The molecule has 3 aromatic rings. The zero-order chi connectivity index (χ0) is 18.0. The van der Waals surface area contributed by atoms with Crippen molar-refractivity contribution in [2.24, 2.45) is 0 Å². The smallest absolute Gasteiger partial charge is 0.251 e. The lowest BCUT2D eigenvalue weighted by Gasteiger charge is -2.16. The summed E-state index contributed by atoms with van der Waals surface area (Å²) in [5.41, 5.74) is 2.83. The van der Waals surface area contributed by atoms with E-state index in [2.05, 4.69) is 10.4 Å². The number of carbonyl (C=O) groups is 1. The zero-order valence-electron chi connectivity index (χ0n) is 14.8. The highest BCUT2D eigenvalue weighted by molar-refractivity contribution is 5.95. The Labute approximate surface area is 147 Å². The van der Waals surface area contributed by atoms with Crippen LogP contribution >= 0.6 is 0 Å². The number of fused-ring (bicyclic) bond motifs is 1. The maximum Gasteiger partial charge on any atom is 0.251 e. The maximum atomic E-state index is 11.8. The molecule has 25 heavy (non-hydrogen) atoms. The maximum absolute atomic E-state index is 11.8. The topological polar surface area (TPSA) is 67.2 Å². The van der Waals surface area contributed by atoms with Gasteiger partial charge in [-0.25, -0.2) is 0 Å². The van der Waals surface area contributed by atoms with E-state index in [4.69, 9.17) is 0 Å². The summed E-state index contributed by atoms with van der Waals surface area (Å²) in [5.74, 6) is -0.0983. The molecule has 2 aromatic carbocycles. The van der Waals surface area contributed by atoms with Gasteiger partial charge in [-0.05, 0) is 49.6 Å². The average Bonchev–Trinajstić information content (AvgIpc) is 3.01. The Morgan fingerprint density at radius 2 is 1.96 bits per heavy atom. The third-order valence-corrected chi connectivity index (χ3v) is 4.19. The molecular formula is C20H23N3O2. The van der Waals surface area contributed by atoms with Gasteiger partial charge in [-0.15, -0.1) is 0 Å². The van der Waals surface area contributed by atoms with Gasteiger partial charge in [0.1, 0.15) is 0 Å². The number of aryl methyl sites for hydroxylation is 1. The van der Waals surface area contributed by atoms with Crippen LogP contribution in [0.15, 0.2) is 48.7 Å². The molecule has 0 bridgehead atoms. The molecule has 2 N–H and O–H groups in total. The molecule has 0 aliphatic carbocycles. The molecule has 0 atom stereocenters. The summed E-state index contributed by atoms with van der Waals surface area (Å²) in [4.78, 5) is 11.8. The quantitative estimate of drug-likeness (QED) is 0.751. The highest BCUT2D eigenvalue weighted by Crippen LogP contribution is 2.25. The van der Waals surface area contributed by atoms with Crippen LogP contribution in [0.1, 0.15) is 30.6 Å². The van der Waals surface area contributed by atoms with Crippen LogP contribution in [0.25, 0.3) is 22.0 Å². The molecule has 0 saturated heterocycles. The fourth-order valence-corrected chi connectivity index (χ4v) is 2.73.